The highest BCUT2D eigenvalue weighted by Gasteiger charge is 2.21. The summed E-state index contributed by atoms with van der Waals surface area (Å²) < 4.78 is 2.23. The lowest BCUT2D eigenvalue weighted by Crippen LogP contribution is -2.26. The highest BCUT2D eigenvalue weighted by Crippen LogP contribution is 2.37. The summed E-state index contributed by atoms with van der Waals surface area (Å²) in [4.78, 5) is 11.8. The van der Waals surface area contributed by atoms with Crippen molar-refractivity contribution < 1.29 is 0 Å². The summed E-state index contributed by atoms with van der Waals surface area (Å²) in [5.74, 6) is 1.00. The number of benzene rings is 2. The molecule has 152 valence electrons. The van der Waals surface area contributed by atoms with Crippen molar-refractivity contribution in [3.8, 4) is 11.8 Å². The Kier molecular flexibility index (Phi) is 5.41. The van der Waals surface area contributed by atoms with Gasteiger partial charge < -0.3 is 4.90 Å². The number of hydrogen-bond donors (Lipinski definition) is 0. The van der Waals surface area contributed by atoms with Gasteiger partial charge in [0.1, 0.15) is 12.1 Å². The van der Waals surface area contributed by atoms with Crippen LogP contribution in [0, 0.1) is 25.2 Å². The molecule has 0 aliphatic rings. The van der Waals surface area contributed by atoms with Crippen LogP contribution in [0.5, 0.6) is 0 Å². The van der Waals surface area contributed by atoms with Crippen molar-refractivity contribution in [1.82, 2.24) is 14.5 Å². The van der Waals surface area contributed by atoms with Crippen LogP contribution in [0.1, 0.15) is 43.4 Å². The monoisotopic (exact) mass is 397 g/mol. The largest absolute Gasteiger partial charge is 0.356 e. The van der Waals surface area contributed by atoms with Gasteiger partial charge in [0.25, 0.3) is 0 Å². The van der Waals surface area contributed by atoms with Gasteiger partial charge in [-0.2, -0.15) is 5.26 Å². The minimum Gasteiger partial charge on any atom is -0.356 e. The summed E-state index contributed by atoms with van der Waals surface area (Å²) >= 11 is 0. The predicted octanol–water partition coefficient (Wildman–Crippen LogP) is 5.69. The normalized spacial score (nSPS) is 11.2. The van der Waals surface area contributed by atoms with Gasteiger partial charge in [0.05, 0.1) is 28.2 Å². The lowest BCUT2D eigenvalue weighted by atomic mass is 10.0. The van der Waals surface area contributed by atoms with Crippen LogP contribution in [0.3, 0.4) is 0 Å². The first-order chi connectivity index (χ1) is 14.6. The molecule has 5 heteroatoms. The second kappa shape index (κ2) is 8.16. The van der Waals surface area contributed by atoms with Crippen LogP contribution >= 0.6 is 0 Å². The zero-order chi connectivity index (χ0) is 21.3. The number of rotatable bonds is 6. The zero-order valence-electron chi connectivity index (χ0n) is 18.1. The molecule has 4 rings (SSSR count). The van der Waals surface area contributed by atoms with Gasteiger partial charge in [-0.3, -0.25) is 4.57 Å². The van der Waals surface area contributed by atoms with E-state index < -0.39 is 0 Å². The maximum absolute atomic E-state index is 9.37. The molecule has 0 saturated carbocycles. The molecule has 0 saturated heterocycles. The average Bonchev–Trinajstić information content (AvgIpc) is 3.08. The summed E-state index contributed by atoms with van der Waals surface area (Å²) in [6.07, 6.45) is 3.82. The molecule has 0 radical (unpaired) electrons. The van der Waals surface area contributed by atoms with E-state index >= 15 is 0 Å². The molecule has 2 heterocycles. The fourth-order valence-electron chi connectivity index (χ4n) is 4.47. The van der Waals surface area contributed by atoms with Gasteiger partial charge in [0, 0.05) is 18.5 Å². The molecule has 0 fully saturated rings. The van der Waals surface area contributed by atoms with Gasteiger partial charge in [-0.1, -0.05) is 32.0 Å². The Morgan fingerprint density at radius 2 is 1.67 bits per heavy atom. The van der Waals surface area contributed by atoms with E-state index in [-0.39, 0.29) is 0 Å². The van der Waals surface area contributed by atoms with Crippen molar-refractivity contribution >= 4 is 27.8 Å². The molecule has 5 nitrogen and oxygen atoms in total. The van der Waals surface area contributed by atoms with Crippen LogP contribution in [0.25, 0.3) is 27.6 Å². The quantitative estimate of drug-likeness (QED) is 0.419. The second-order valence-electron chi connectivity index (χ2n) is 7.81. The third-order valence-electron chi connectivity index (χ3n) is 5.56. The van der Waals surface area contributed by atoms with Gasteiger partial charge in [0.2, 0.25) is 0 Å². The van der Waals surface area contributed by atoms with E-state index in [1.807, 2.05) is 12.1 Å². The fraction of sp³-hybridized carbons (Fsp3) is 0.320. The molecule has 0 aliphatic heterocycles. The average molecular weight is 398 g/mol. The van der Waals surface area contributed by atoms with E-state index in [0.29, 0.717) is 5.56 Å². The molecule has 0 amide bonds. The number of fused-ring (bicyclic) bond motifs is 3. The van der Waals surface area contributed by atoms with Crippen LogP contribution in [-0.2, 0) is 0 Å². The summed E-state index contributed by atoms with van der Waals surface area (Å²) in [6, 6.07) is 14.6. The number of anilines is 1. The third-order valence-corrected chi connectivity index (χ3v) is 5.56. The molecule has 0 atom stereocenters. The first kappa shape index (κ1) is 19.9. The number of aryl methyl sites for hydroxylation is 2. The van der Waals surface area contributed by atoms with Crippen molar-refractivity contribution in [2.24, 2.45) is 0 Å². The number of nitrogens with zero attached hydrogens (tertiary/aromatic N) is 5. The lowest BCUT2D eigenvalue weighted by Gasteiger charge is -2.23. The van der Waals surface area contributed by atoms with Gasteiger partial charge >= 0.3 is 0 Å². The molecule has 0 unspecified atom stereocenters. The van der Waals surface area contributed by atoms with Crippen molar-refractivity contribution in [3.05, 3.63) is 59.4 Å². The van der Waals surface area contributed by atoms with E-state index in [0.717, 1.165) is 70.5 Å². The van der Waals surface area contributed by atoms with Crippen molar-refractivity contribution in [2.75, 3.05) is 18.0 Å². The summed E-state index contributed by atoms with van der Waals surface area (Å²) in [5.41, 5.74) is 5.92. The van der Waals surface area contributed by atoms with E-state index in [9.17, 15) is 5.26 Å². The molecule has 4 aromatic rings. The molecule has 2 aromatic carbocycles. The van der Waals surface area contributed by atoms with Crippen LogP contribution in [0.15, 0.2) is 42.7 Å². The minimum atomic E-state index is 0.682. The number of nitriles is 1. The Morgan fingerprint density at radius 3 is 2.30 bits per heavy atom. The van der Waals surface area contributed by atoms with Gasteiger partial charge in [-0.15, -0.1) is 0 Å². The van der Waals surface area contributed by atoms with E-state index in [1.165, 1.54) is 0 Å². The summed E-state index contributed by atoms with van der Waals surface area (Å²) in [7, 11) is 0. The fourth-order valence-corrected chi connectivity index (χ4v) is 4.47. The maximum Gasteiger partial charge on any atom is 0.151 e. The molecular weight excluding hydrogens is 370 g/mol. The number of aromatic nitrogens is 3. The number of hydrogen-bond acceptors (Lipinski definition) is 4. The van der Waals surface area contributed by atoms with E-state index in [1.54, 1.807) is 6.33 Å². The van der Waals surface area contributed by atoms with Gasteiger partial charge in [-0.25, -0.2) is 9.97 Å². The highest BCUT2D eigenvalue weighted by atomic mass is 15.2. The van der Waals surface area contributed by atoms with Crippen LogP contribution in [-0.4, -0.2) is 27.6 Å². The summed E-state index contributed by atoms with van der Waals surface area (Å²) in [6.45, 7) is 10.5. The molecule has 0 aliphatic carbocycles. The second-order valence-corrected chi connectivity index (χ2v) is 7.81. The molecule has 30 heavy (non-hydrogen) atoms. The third kappa shape index (κ3) is 3.19. The van der Waals surface area contributed by atoms with E-state index in [4.69, 9.17) is 9.97 Å². The first-order valence-electron chi connectivity index (χ1n) is 10.6. The van der Waals surface area contributed by atoms with Crippen LogP contribution in [0.2, 0.25) is 0 Å². The Hall–Kier alpha value is -3.39. The van der Waals surface area contributed by atoms with Crippen molar-refractivity contribution in [1.29, 1.82) is 5.26 Å². The van der Waals surface area contributed by atoms with Crippen LogP contribution < -0.4 is 4.90 Å². The molecule has 2 aromatic heterocycles. The van der Waals surface area contributed by atoms with Gasteiger partial charge in [-0.05, 0) is 56.0 Å². The van der Waals surface area contributed by atoms with Crippen LogP contribution in [0.4, 0.5) is 5.82 Å². The Bertz CT molecular complexity index is 1230. The maximum atomic E-state index is 9.37. The smallest absolute Gasteiger partial charge is 0.151 e. The standard InChI is InChI=1S/C25H27N5/c1-5-11-29(12-6-2)24-22-20-9-7-8-10-21(20)30(25(22)28-16-27-24)23-17(3)13-19(15-26)14-18(23)4/h7-10,13-14,16H,5-6,11-12H2,1-4H3. The predicted molar refractivity (Wildman–Crippen MR) is 123 cm³/mol. The molecule has 0 spiro atoms. The lowest BCUT2D eigenvalue weighted by molar-refractivity contribution is 0.736. The van der Waals surface area contributed by atoms with Gasteiger partial charge in [0.15, 0.2) is 5.65 Å². The highest BCUT2D eigenvalue weighted by molar-refractivity contribution is 6.13. The minimum absolute atomic E-state index is 0.682. The number of para-hydroxylation sites is 1. The Balaban J connectivity index is 2.10. The molecular formula is C25H27N5. The molecule has 0 N–H and O–H groups in total. The summed E-state index contributed by atoms with van der Waals surface area (Å²) in [5, 5.41) is 11.6. The SMILES string of the molecule is CCCN(CCC)c1ncnc2c1c1ccccc1n2-c1c(C)cc(C#N)cc1C. The molecule has 0 bridgehead atoms. The topological polar surface area (TPSA) is 57.7 Å². The van der Waals surface area contributed by atoms with Crippen molar-refractivity contribution in [3.63, 3.8) is 0 Å². The van der Waals surface area contributed by atoms with E-state index in [2.05, 4.69) is 67.5 Å². The zero-order valence-corrected chi connectivity index (χ0v) is 18.1. The Labute approximate surface area is 177 Å². The first-order valence-corrected chi connectivity index (χ1v) is 10.6. The Morgan fingerprint density at radius 1 is 1.00 bits per heavy atom. The van der Waals surface area contributed by atoms with Crippen molar-refractivity contribution in [2.45, 2.75) is 40.5 Å².